The molecule has 0 aliphatic carbocycles. The van der Waals surface area contributed by atoms with Gasteiger partial charge in [-0.2, -0.15) is 4.89 Å². The Morgan fingerprint density at radius 2 is 1.65 bits per heavy atom. The monoisotopic (exact) mass is 669 g/mol. The van der Waals surface area contributed by atoms with E-state index in [0.717, 1.165) is 0 Å². The minimum atomic E-state index is -2.23. The van der Waals surface area contributed by atoms with E-state index in [2.05, 4.69) is 5.32 Å². The van der Waals surface area contributed by atoms with Gasteiger partial charge in [-0.05, 0) is 74.7 Å². The Morgan fingerprint density at radius 1 is 0.979 bits per heavy atom. The zero-order valence-electron chi connectivity index (χ0n) is 28.4. The fourth-order valence-electron chi connectivity index (χ4n) is 6.03. The first-order valence-corrected chi connectivity index (χ1v) is 15.3. The van der Waals surface area contributed by atoms with Gasteiger partial charge in [-0.25, -0.2) is 9.59 Å². The third-order valence-electron chi connectivity index (χ3n) is 8.17. The topological polar surface area (TPSA) is 146 Å². The molecule has 13 nitrogen and oxygen atoms in total. The maximum Gasteiger partial charge on any atom is 0.410 e. The summed E-state index contributed by atoms with van der Waals surface area (Å²) >= 11 is 0. The molecule has 13 heteroatoms. The van der Waals surface area contributed by atoms with E-state index in [4.69, 9.17) is 42.9 Å². The number of ether oxygens (including phenoxy) is 7. The summed E-state index contributed by atoms with van der Waals surface area (Å²) in [5.41, 5.74) is -4.32. The van der Waals surface area contributed by atoms with Crippen molar-refractivity contribution in [1.29, 1.82) is 0 Å². The molecular weight excluding hydrogens is 626 g/mol. The molecule has 2 aliphatic heterocycles. The number of aldehydes is 1. The molecule has 0 fully saturated rings. The summed E-state index contributed by atoms with van der Waals surface area (Å²) < 4.78 is 39.4. The summed E-state index contributed by atoms with van der Waals surface area (Å²) in [5.74, 6) is -0.433. The predicted octanol–water partition coefficient (Wildman–Crippen LogP) is 4.81. The third kappa shape index (κ3) is 7.07. The highest BCUT2D eigenvalue weighted by molar-refractivity contribution is 5.90. The number of carbonyl (C=O) groups is 3. The standard InChI is InChI=1S/C35H43NO12/c1-22(21-37)34(28-15-17-45-48-28,20-23-18-26(41-6)30(43-8)27(19-23)42-7)35(31(38)47-33(2,3)4,24-11-13-25(40-5)14-12-24)36-32(39)46-29-10-9-16-44-29/h9-15,18-19,21-22,29H,16-17,20H2,1-8H3,(H,36,39). The average Bonchev–Trinajstić information content (AvgIpc) is 3.80. The van der Waals surface area contributed by atoms with Crippen LogP contribution in [0.3, 0.4) is 0 Å². The second kappa shape index (κ2) is 15.0. The van der Waals surface area contributed by atoms with Crippen molar-refractivity contribution in [3.8, 4) is 23.0 Å². The minimum absolute atomic E-state index is 0.00389. The third-order valence-corrected chi connectivity index (χ3v) is 8.17. The van der Waals surface area contributed by atoms with Gasteiger partial charge < -0.3 is 48.2 Å². The number of benzene rings is 2. The molecule has 2 aromatic rings. The second-order valence-electron chi connectivity index (χ2n) is 12.2. The van der Waals surface area contributed by atoms with Gasteiger partial charge in [0.25, 0.3) is 0 Å². The van der Waals surface area contributed by atoms with Gasteiger partial charge in [0, 0.05) is 5.92 Å². The van der Waals surface area contributed by atoms with Crippen molar-refractivity contribution in [2.45, 2.75) is 51.5 Å². The lowest BCUT2D eigenvalue weighted by Gasteiger charge is -2.51. The van der Waals surface area contributed by atoms with Crippen molar-refractivity contribution >= 4 is 18.3 Å². The van der Waals surface area contributed by atoms with Crippen molar-refractivity contribution in [3.63, 3.8) is 0 Å². The molecular formula is C35H43NO12. The Bertz CT molecular complexity index is 1500. The average molecular weight is 670 g/mol. The number of rotatable bonds is 14. The summed E-state index contributed by atoms with van der Waals surface area (Å²) in [6.45, 7) is 6.92. The van der Waals surface area contributed by atoms with E-state index in [-0.39, 0.29) is 31.0 Å². The zero-order valence-corrected chi connectivity index (χ0v) is 28.4. The van der Waals surface area contributed by atoms with Crippen molar-refractivity contribution in [2.24, 2.45) is 11.3 Å². The van der Waals surface area contributed by atoms with Crippen LogP contribution in [-0.4, -0.2) is 71.9 Å². The minimum Gasteiger partial charge on any atom is -0.497 e. The highest BCUT2D eigenvalue weighted by Gasteiger charge is 2.66. The maximum atomic E-state index is 15.1. The number of hydrogen-bond donors (Lipinski definition) is 1. The van der Waals surface area contributed by atoms with E-state index in [9.17, 15) is 9.59 Å². The number of esters is 1. The van der Waals surface area contributed by atoms with Gasteiger partial charge in [0.05, 0.1) is 40.5 Å². The van der Waals surface area contributed by atoms with Crippen molar-refractivity contribution in [2.75, 3.05) is 41.7 Å². The molecule has 4 atom stereocenters. The van der Waals surface area contributed by atoms with E-state index < -0.39 is 40.8 Å². The van der Waals surface area contributed by atoms with Crippen LogP contribution in [0, 0.1) is 11.3 Å². The van der Waals surface area contributed by atoms with Gasteiger partial charge in [0.2, 0.25) is 12.0 Å². The molecule has 260 valence electrons. The number of amides is 1. The molecule has 4 rings (SSSR count). The summed E-state index contributed by atoms with van der Waals surface area (Å²) in [6.07, 6.45) is 3.37. The van der Waals surface area contributed by atoms with E-state index >= 15 is 4.79 Å². The van der Waals surface area contributed by atoms with E-state index in [1.807, 2.05) is 0 Å². The molecule has 0 spiro atoms. The molecule has 0 saturated heterocycles. The van der Waals surface area contributed by atoms with E-state index in [1.54, 1.807) is 82.3 Å². The molecule has 2 aromatic carbocycles. The van der Waals surface area contributed by atoms with Crippen molar-refractivity contribution in [3.05, 3.63) is 71.5 Å². The summed E-state index contributed by atoms with van der Waals surface area (Å²) in [6, 6.07) is 9.83. The molecule has 2 aliphatic rings. The maximum absolute atomic E-state index is 15.1. The van der Waals surface area contributed by atoms with Crippen LogP contribution >= 0.6 is 0 Å². The van der Waals surface area contributed by atoms with Crippen LogP contribution in [0.5, 0.6) is 23.0 Å². The van der Waals surface area contributed by atoms with Crippen LogP contribution < -0.4 is 24.3 Å². The lowest BCUT2D eigenvalue weighted by atomic mass is 9.56. The first-order valence-electron chi connectivity index (χ1n) is 15.3. The SMILES string of the molecule is COc1ccc(C(NC(=O)OC2C=CCO2)(C(=O)OC(C)(C)C)C(Cc2cc(OC)c(OC)c(OC)c2)(C2=CCOO2)C(C)C=O)cc1. The largest absolute Gasteiger partial charge is 0.497 e. The van der Waals surface area contributed by atoms with Crippen LogP contribution in [0.25, 0.3) is 0 Å². The Kier molecular flexibility index (Phi) is 11.3. The van der Waals surface area contributed by atoms with Gasteiger partial charge in [-0.3, -0.25) is 0 Å². The van der Waals surface area contributed by atoms with Gasteiger partial charge in [0.1, 0.15) is 24.2 Å². The number of methoxy groups -OCH3 is 4. The van der Waals surface area contributed by atoms with Gasteiger partial charge >= 0.3 is 12.1 Å². The smallest absolute Gasteiger partial charge is 0.410 e. The van der Waals surface area contributed by atoms with Crippen LogP contribution in [0.15, 0.2) is 60.4 Å². The van der Waals surface area contributed by atoms with Crippen LogP contribution in [0.4, 0.5) is 4.79 Å². The molecule has 0 radical (unpaired) electrons. The second-order valence-corrected chi connectivity index (χ2v) is 12.2. The molecule has 0 saturated carbocycles. The summed E-state index contributed by atoms with van der Waals surface area (Å²) in [5, 5.41) is 2.85. The zero-order chi connectivity index (χ0) is 35.1. The molecule has 1 N–H and O–H groups in total. The van der Waals surface area contributed by atoms with Gasteiger partial charge in [-0.15, -0.1) is 0 Å². The molecule has 1 amide bonds. The molecule has 48 heavy (non-hydrogen) atoms. The van der Waals surface area contributed by atoms with Crippen LogP contribution in [-0.2, 0) is 45.5 Å². The lowest BCUT2D eigenvalue weighted by Crippen LogP contribution is -2.67. The number of nitrogens with one attached hydrogen (secondary N) is 1. The van der Waals surface area contributed by atoms with Gasteiger partial charge in [-0.1, -0.05) is 25.1 Å². The Morgan fingerprint density at radius 3 is 2.12 bits per heavy atom. The molecule has 0 aromatic heterocycles. The van der Waals surface area contributed by atoms with Crippen molar-refractivity contribution < 1.29 is 57.3 Å². The highest BCUT2D eigenvalue weighted by Crippen LogP contribution is 2.56. The quantitative estimate of drug-likeness (QED) is 0.128. The number of hydrogen-bond acceptors (Lipinski definition) is 12. The fraction of sp³-hybridized carbons (Fsp3) is 0.457. The normalized spacial score (nSPS) is 18.7. The molecule has 2 heterocycles. The Hall–Kier alpha value is -4.75. The molecule has 0 bridgehead atoms. The summed E-state index contributed by atoms with van der Waals surface area (Å²) in [4.78, 5) is 53.4. The Labute approximate surface area is 279 Å². The van der Waals surface area contributed by atoms with Crippen LogP contribution in [0.1, 0.15) is 38.8 Å². The molecule has 4 unspecified atom stereocenters. The predicted molar refractivity (Wildman–Crippen MR) is 172 cm³/mol. The van der Waals surface area contributed by atoms with Crippen molar-refractivity contribution in [1.82, 2.24) is 5.32 Å². The van der Waals surface area contributed by atoms with Crippen LogP contribution in [0.2, 0.25) is 0 Å². The Balaban J connectivity index is 2.12. The first-order chi connectivity index (χ1) is 22.9. The lowest BCUT2D eigenvalue weighted by molar-refractivity contribution is -0.254. The first kappa shape index (κ1) is 36.1. The van der Waals surface area contributed by atoms with E-state index in [1.165, 1.54) is 28.4 Å². The number of alkyl carbamates (subject to hydrolysis) is 1. The highest BCUT2D eigenvalue weighted by atomic mass is 17.2. The van der Waals surface area contributed by atoms with Gasteiger partial charge in [0.15, 0.2) is 22.8 Å². The fourth-order valence-corrected chi connectivity index (χ4v) is 6.03. The summed E-state index contributed by atoms with van der Waals surface area (Å²) in [7, 11) is 5.92. The van der Waals surface area contributed by atoms with E-state index in [0.29, 0.717) is 34.8 Å². The number of carbonyl (C=O) groups excluding carboxylic acids is 3.